The monoisotopic (exact) mass is 381 g/mol. The van der Waals surface area contributed by atoms with E-state index in [2.05, 4.69) is 87.8 Å². The molecule has 0 saturated carbocycles. The summed E-state index contributed by atoms with van der Waals surface area (Å²) in [6.07, 6.45) is 2.95. The van der Waals surface area contributed by atoms with Gasteiger partial charge in [0.25, 0.3) is 0 Å². The lowest BCUT2D eigenvalue weighted by atomic mass is 9.72. The first-order valence-electron chi connectivity index (χ1n) is 9.66. The van der Waals surface area contributed by atoms with Gasteiger partial charge >= 0.3 is 7.12 Å². The van der Waals surface area contributed by atoms with Gasteiger partial charge in [-0.05, 0) is 69.6 Å². The van der Waals surface area contributed by atoms with Crippen LogP contribution in [0.4, 0.5) is 5.69 Å². The van der Waals surface area contributed by atoms with E-state index in [1.807, 2.05) is 0 Å². The molecule has 5 heteroatoms. The molecule has 0 aliphatic carbocycles. The van der Waals surface area contributed by atoms with Gasteiger partial charge in [0, 0.05) is 16.5 Å². The van der Waals surface area contributed by atoms with Gasteiger partial charge in [-0.2, -0.15) is 0 Å². The molecule has 2 aromatic rings. The Kier molecular flexibility index (Phi) is 4.82. The number of thioether (sulfide) groups is 1. The Morgan fingerprint density at radius 1 is 0.963 bits per heavy atom. The van der Waals surface area contributed by atoms with Gasteiger partial charge in [-0.1, -0.05) is 30.3 Å². The highest BCUT2D eigenvalue weighted by Gasteiger charge is 2.52. The Morgan fingerprint density at radius 3 is 2.22 bits per heavy atom. The Balaban J connectivity index is 1.62. The Morgan fingerprint density at radius 2 is 1.59 bits per heavy atom. The van der Waals surface area contributed by atoms with Crippen molar-refractivity contribution in [3.05, 3.63) is 59.7 Å². The molecule has 0 amide bonds. The van der Waals surface area contributed by atoms with Gasteiger partial charge in [0.2, 0.25) is 0 Å². The van der Waals surface area contributed by atoms with Crippen molar-refractivity contribution in [1.29, 1.82) is 0 Å². The highest BCUT2D eigenvalue weighted by molar-refractivity contribution is 7.98. The largest absolute Gasteiger partial charge is 0.458 e. The van der Waals surface area contributed by atoms with Crippen LogP contribution in [0.2, 0.25) is 6.32 Å². The van der Waals surface area contributed by atoms with Crippen molar-refractivity contribution in [3.63, 3.8) is 0 Å². The minimum atomic E-state index is -0.293. The third-order valence-corrected chi connectivity index (χ3v) is 7.04. The molecule has 2 atom stereocenters. The summed E-state index contributed by atoms with van der Waals surface area (Å²) in [6.45, 7) is 8.47. The molecule has 2 heterocycles. The zero-order valence-electron chi connectivity index (χ0n) is 16.8. The van der Waals surface area contributed by atoms with Crippen molar-refractivity contribution in [2.75, 3.05) is 11.6 Å². The number of anilines is 1. The van der Waals surface area contributed by atoms with Gasteiger partial charge in [0.15, 0.2) is 0 Å². The van der Waals surface area contributed by atoms with E-state index in [4.69, 9.17) is 9.31 Å². The molecular weight excluding hydrogens is 353 g/mol. The molecule has 1 fully saturated rings. The molecule has 0 spiro atoms. The van der Waals surface area contributed by atoms with Crippen LogP contribution in [0.25, 0.3) is 0 Å². The molecule has 4 rings (SSSR count). The number of benzene rings is 2. The summed E-state index contributed by atoms with van der Waals surface area (Å²) in [5, 5.41) is 3.74. The van der Waals surface area contributed by atoms with E-state index in [-0.39, 0.29) is 24.4 Å². The third-order valence-electron chi connectivity index (χ3n) is 6.30. The molecule has 27 heavy (non-hydrogen) atoms. The number of fused-ring (bicyclic) bond motifs is 1. The van der Waals surface area contributed by atoms with Gasteiger partial charge in [-0.15, -0.1) is 11.8 Å². The summed E-state index contributed by atoms with van der Waals surface area (Å²) in [4.78, 5) is 1.29. The Labute approximate surface area is 167 Å². The third kappa shape index (κ3) is 3.41. The molecule has 0 radical (unpaired) electrons. The number of para-hydroxylation sites is 1. The van der Waals surface area contributed by atoms with Crippen LogP contribution < -0.4 is 5.32 Å². The highest BCUT2D eigenvalue weighted by atomic mass is 32.2. The molecule has 2 aliphatic heterocycles. The fourth-order valence-electron chi connectivity index (χ4n) is 4.06. The van der Waals surface area contributed by atoms with E-state index in [1.54, 1.807) is 11.8 Å². The van der Waals surface area contributed by atoms with Gasteiger partial charge in [-0.3, -0.25) is 0 Å². The van der Waals surface area contributed by atoms with E-state index in [0.29, 0.717) is 5.92 Å². The van der Waals surface area contributed by atoms with Gasteiger partial charge < -0.3 is 14.6 Å². The lowest BCUT2D eigenvalue weighted by Gasteiger charge is -2.32. The fraction of sp³-hybridized carbons (Fsp3) is 0.455. The van der Waals surface area contributed by atoms with Gasteiger partial charge in [-0.25, -0.2) is 0 Å². The Bertz CT molecular complexity index is 805. The molecule has 0 unspecified atom stereocenters. The highest BCUT2D eigenvalue weighted by Crippen LogP contribution is 2.49. The average Bonchev–Trinajstić information content (AvgIpc) is 3.09. The maximum absolute atomic E-state index is 6.31. The first-order valence-corrected chi connectivity index (χ1v) is 10.9. The molecule has 2 aliphatic rings. The molecular formula is C22H28BNO2S. The van der Waals surface area contributed by atoms with E-state index >= 15 is 0 Å². The average molecular weight is 381 g/mol. The summed E-state index contributed by atoms with van der Waals surface area (Å²) >= 11 is 1.77. The quantitative estimate of drug-likeness (QED) is 0.540. The fourth-order valence-corrected chi connectivity index (χ4v) is 4.47. The second-order valence-corrected chi connectivity index (χ2v) is 9.39. The summed E-state index contributed by atoms with van der Waals surface area (Å²) in [5.41, 5.74) is 3.30. The summed E-state index contributed by atoms with van der Waals surface area (Å²) in [7, 11) is -0.194. The molecule has 1 N–H and O–H groups in total. The van der Waals surface area contributed by atoms with Crippen molar-refractivity contribution in [3.8, 4) is 0 Å². The molecule has 3 nitrogen and oxygen atoms in total. The van der Waals surface area contributed by atoms with Gasteiger partial charge in [0.05, 0.1) is 17.2 Å². The van der Waals surface area contributed by atoms with Crippen LogP contribution >= 0.6 is 11.8 Å². The maximum Gasteiger partial charge on any atom is 0.458 e. The Hall–Kier alpha value is -1.43. The van der Waals surface area contributed by atoms with Crippen molar-refractivity contribution < 1.29 is 9.31 Å². The van der Waals surface area contributed by atoms with Crippen LogP contribution in [-0.2, 0) is 9.31 Å². The first kappa shape index (κ1) is 18.9. The maximum atomic E-state index is 6.31. The number of rotatable bonds is 4. The van der Waals surface area contributed by atoms with Crippen molar-refractivity contribution >= 4 is 24.6 Å². The van der Waals surface area contributed by atoms with Crippen LogP contribution in [-0.4, -0.2) is 24.6 Å². The predicted molar refractivity (Wildman–Crippen MR) is 115 cm³/mol. The van der Waals surface area contributed by atoms with E-state index < -0.39 is 0 Å². The van der Waals surface area contributed by atoms with Crippen molar-refractivity contribution in [2.24, 2.45) is 0 Å². The lowest BCUT2D eigenvalue weighted by molar-refractivity contribution is 0.00578. The standard InChI is InChI=1S/C22H28BNO2S/c1-21(2)22(3,4)26-23(25-21)14-18-17-8-6-7-9-19(17)24-20(18)15-10-12-16(27-5)13-11-15/h6-13,18,20,24H,14H2,1-5H3/t18-,20-/m0/s1. The van der Waals surface area contributed by atoms with Crippen LogP contribution in [0, 0.1) is 0 Å². The topological polar surface area (TPSA) is 30.5 Å². The smallest absolute Gasteiger partial charge is 0.403 e. The second-order valence-electron chi connectivity index (χ2n) is 8.51. The molecule has 142 valence electrons. The van der Waals surface area contributed by atoms with Gasteiger partial charge in [0.1, 0.15) is 0 Å². The molecule has 0 aromatic heterocycles. The molecule has 1 saturated heterocycles. The van der Waals surface area contributed by atoms with Crippen LogP contribution in [0.1, 0.15) is 50.8 Å². The molecule has 0 bridgehead atoms. The van der Waals surface area contributed by atoms with Crippen LogP contribution in [0.5, 0.6) is 0 Å². The summed E-state index contributed by atoms with van der Waals surface area (Å²) < 4.78 is 12.6. The summed E-state index contributed by atoms with van der Waals surface area (Å²) in [6, 6.07) is 17.7. The number of hydrogen-bond acceptors (Lipinski definition) is 4. The normalized spacial score (nSPS) is 25.3. The SMILES string of the molecule is CSc1ccc([C@@H]2Nc3ccccc3[C@@H]2CB2OC(C)(C)C(C)(C)O2)cc1. The minimum absolute atomic E-state index is 0.194. The second kappa shape index (κ2) is 6.87. The van der Waals surface area contributed by atoms with Crippen LogP contribution in [0.3, 0.4) is 0 Å². The van der Waals surface area contributed by atoms with Crippen LogP contribution in [0.15, 0.2) is 53.4 Å². The first-order chi connectivity index (χ1) is 12.8. The zero-order chi connectivity index (χ0) is 19.2. The molecule has 2 aromatic carbocycles. The van der Waals surface area contributed by atoms with Crippen molar-refractivity contribution in [2.45, 2.75) is 62.1 Å². The minimum Gasteiger partial charge on any atom is -0.403 e. The van der Waals surface area contributed by atoms with Crippen molar-refractivity contribution in [1.82, 2.24) is 0 Å². The predicted octanol–water partition coefficient (Wildman–Crippen LogP) is 5.75. The van der Waals surface area contributed by atoms with E-state index in [1.165, 1.54) is 21.7 Å². The number of hydrogen-bond donors (Lipinski definition) is 1. The van der Waals surface area contributed by atoms with E-state index in [9.17, 15) is 0 Å². The number of nitrogens with one attached hydrogen (secondary N) is 1. The van der Waals surface area contributed by atoms with E-state index in [0.717, 1.165) is 6.32 Å². The zero-order valence-corrected chi connectivity index (χ0v) is 17.6. The lowest BCUT2D eigenvalue weighted by Crippen LogP contribution is -2.41. The summed E-state index contributed by atoms with van der Waals surface area (Å²) in [5.74, 6) is 0.316.